The number of hydrogen-bond donors (Lipinski definition) is 3. The van der Waals surface area contributed by atoms with Gasteiger partial charge in [-0.3, -0.25) is 4.79 Å². The Bertz CT molecular complexity index is 483. The van der Waals surface area contributed by atoms with Crippen LogP contribution < -0.4 is 10.6 Å². The molecule has 0 aromatic carbocycles. The van der Waals surface area contributed by atoms with Gasteiger partial charge in [-0.15, -0.1) is 6.42 Å². The molecule has 0 aliphatic carbocycles. The van der Waals surface area contributed by atoms with Gasteiger partial charge >= 0.3 is 0 Å². The van der Waals surface area contributed by atoms with Gasteiger partial charge in [-0.05, 0) is 17.5 Å². The highest BCUT2D eigenvalue weighted by molar-refractivity contribution is 5.94. The topological polar surface area (TPSA) is 74.2 Å². The first-order valence-electron chi connectivity index (χ1n) is 6.44. The summed E-state index contributed by atoms with van der Waals surface area (Å²) in [4.78, 5) is 15.7. The fourth-order valence-electron chi connectivity index (χ4n) is 1.37. The zero-order chi connectivity index (χ0) is 15.2. The van der Waals surface area contributed by atoms with Crippen molar-refractivity contribution in [3.05, 3.63) is 23.9 Å². The Morgan fingerprint density at radius 1 is 1.50 bits per heavy atom. The predicted molar refractivity (Wildman–Crippen MR) is 79.4 cm³/mol. The molecule has 0 aliphatic rings. The van der Waals surface area contributed by atoms with Gasteiger partial charge in [0.2, 0.25) is 0 Å². The number of nitrogens with one attached hydrogen (secondary N) is 2. The summed E-state index contributed by atoms with van der Waals surface area (Å²) in [6.45, 7) is 6.48. The largest absolute Gasteiger partial charge is 0.391 e. The maximum absolute atomic E-state index is 11.6. The number of pyridine rings is 1. The number of aliphatic hydroxyl groups excluding tert-OH is 1. The van der Waals surface area contributed by atoms with Crippen molar-refractivity contribution in [2.75, 3.05) is 18.4 Å². The van der Waals surface area contributed by atoms with E-state index in [1.54, 1.807) is 12.1 Å². The van der Waals surface area contributed by atoms with Gasteiger partial charge in [-0.1, -0.05) is 26.7 Å². The smallest absolute Gasteiger partial charge is 0.253 e. The van der Waals surface area contributed by atoms with Crippen LogP contribution in [0.15, 0.2) is 18.3 Å². The minimum absolute atomic E-state index is 0.191. The van der Waals surface area contributed by atoms with Gasteiger partial charge < -0.3 is 15.7 Å². The third-order valence-electron chi connectivity index (χ3n) is 2.85. The summed E-state index contributed by atoms with van der Waals surface area (Å²) in [7, 11) is 0. The summed E-state index contributed by atoms with van der Waals surface area (Å²) < 4.78 is 0. The molecule has 5 heteroatoms. The van der Waals surface area contributed by atoms with Crippen molar-refractivity contribution in [3.8, 4) is 12.3 Å². The Morgan fingerprint density at radius 2 is 2.20 bits per heavy atom. The van der Waals surface area contributed by atoms with E-state index in [-0.39, 0.29) is 17.9 Å². The molecule has 0 spiro atoms. The van der Waals surface area contributed by atoms with Crippen LogP contribution in [0.2, 0.25) is 0 Å². The second kappa shape index (κ2) is 6.92. The van der Waals surface area contributed by atoms with E-state index in [4.69, 9.17) is 6.42 Å². The number of rotatable bonds is 5. The first-order valence-corrected chi connectivity index (χ1v) is 6.44. The molecular formula is C15H21N3O2. The number of aromatic nitrogens is 1. The number of carbonyl (C=O) groups is 1. The second-order valence-corrected chi connectivity index (χ2v) is 5.58. The van der Waals surface area contributed by atoms with E-state index in [9.17, 15) is 9.90 Å². The van der Waals surface area contributed by atoms with Crippen molar-refractivity contribution in [2.45, 2.75) is 26.9 Å². The lowest BCUT2D eigenvalue weighted by atomic mass is 9.89. The third-order valence-corrected chi connectivity index (χ3v) is 2.85. The molecule has 1 unspecified atom stereocenters. The standard InChI is InChI=1S/C15H21N3O2/c1-5-8-16-14(20)11-6-7-13(17-9-11)18-10-12(19)15(2,3)4/h1,6-7,9,12,19H,8,10H2,2-4H3,(H,16,20)(H,17,18). The summed E-state index contributed by atoms with van der Waals surface area (Å²) in [5, 5.41) is 15.5. The molecule has 0 radical (unpaired) electrons. The van der Waals surface area contributed by atoms with Crippen LogP contribution in [-0.2, 0) is 0 Å². The van der Waals surface area contributed by atoms with E-state index in [1.807, 2.05) is 20.8 Å². The van der Waals surface area contributed by atoms with E-state index in [0.29, 0.717) is 17.9 Å². The zero-order valence-electron chi connectivity index (χ0n) is 12.1. The SMILES string of the molecule is C#CCNC(=O)c1ccc(NCC(O)C(C)(C)C)nc1. The highest BCUT2D eigenvalue weighted by atomic mass is 16.3. The van der Waals surface area contributed by atoms with Crippen LogP contribution in [-0.4, -0.2) is 35.2 Å². The van der Waals surface area contributed by atoms with Gasteiger partial charge in [0, 0.05) is 12.7 Å². The van der Waals surface area contributed by atoms with E-state index in [1.165, 1.54) is 6.20 Å². The normalized spacial score (nSPS) is 12.3. The van der Waals surface area contributed by atoms with Crippen molar-refractivity contribution >= 4 is 11.7 Å². The maximum Gasteiger partial charge on any atom is 0.253 e. The molecule has 0 saturated carbocycles. The lowest BCUT2D eigenvalue weighted by Gasteiger charge is -2.26. The molecule has 3 N–H and O–H groups in total. The molecule has 1 rings (SSSR count). The highest BCUT2D eigenvalue weighted by Gasteiger charge is 2.21. The van der Waals surface area contributed by atoms with Crippen LogP contribution in [0, 0.1) is 17.8 Å². The number of terminal acetylenes is 1. The summed E-state index contributed by atoms with van der Waals surface area (Å²) in [6.07, 6.45) is 6.05. The van der Waals surface area contributed by atoms with Crippen LogP contribution in [0.5, 0.6) is 0 Å². The minimum atomic E-state index is -0.483. The lowest BCUT2D eigenvalue weighted by molar-refractivity contribution is 0.0745. The first-order chi connectivity index (χ1) is 9.34. The summed E-state index contributed by atoms with van der Waals surface area (Å²) in [6, 6.07) is 3.35. The van der Waals surface area contributed by atoms with Crippen LogP contribution in [0.4, 0.5) is 5.82 Å². The Hall–Kier alpha value is -2.06. The van der Waals surface area contributed by atoms with Gasteiger partial charge in [0.05, 0.1) is 18.2 Å². The number of amides is 1. The lowest BCUT2D eigenvalue weighted by Crippen LogP contribution is -2.33. The van der Waals surface area contributed by atoms with Crippen LogP contribution in [0.25, 0.3) is 0 Å². The van der Waals surface area contributed by atoms with E-state index in [2.05, 4.69) is 21.5 Å². The molecule has 1 atom stereocenters. The molecule has 1 heterocycles. The molecule has 0 bridgehead atoms. The average molecular weight is 275 g/mol. The fraction of sp³-hybridized carbons (Fsp3) is 0.467. The number of anilines is 1. The molecule has 5 nitrogen and oxygen atoms in total. The molecule has 0 aliphatic heterocycles. The van der Waals surface area contributed by atoms with E-state index >= 15 is 0 Å². The molecular weight excluding hydrogens is 254 g/mol. The summed E-state index contributed by atoms with van der Waals surface area (Å²) >= 11 is 0. The molecule has 20 heavy (non-hydrogen) atoms. The van der Waals surface area contributed by atoms with Crippen molar-refractivity contribution < 1.29 is 9.90 Å². The molecule has 0 saturated heterocycles. The number of nitrogens with zero attached hydrogens (tertiary/aromatic N) is 1. The van der Waals surface area contributed by atoms with Crippen LogP contribution in [0.3, 0.4) is 0 Å². The maximum atomic E-state index is 11.6. The Labute approximate surface area is 119 Å². The number of aliphatic hydroxyl groups is 1. The molecule has 1 aromatic heterocycles. The fourth-order valence-corrected chi connectivity index (χ4v) is 1.37. The van der Waals surface area contributed by atoms with E-state index < -0.39 is 6.10 Å². The molecule has 0 fully saturated rings. The predicted octanol–water partition coefficient (Wildman–Crippen LogP) is 1.26. The van der Waals surface area contributed by atoms with Crippen molar-refractivity contribution in [2.24, 2.45) is 5.41 Å². The monoisotopic (exact) mass is 275 g/mol. The Balaban J connectivity index is 2.55. The van der Waals surface area contributed by atoms with Gasteiger partial charge in [-0.25, -0.2) is 4.98 Å². The minimum Gasteiger partial charge on any atom is -0.391 e. The van der Waals surface area contributed by atoms with E-state index in [0.717, 1.165) is 0 Å². The third kappa shape index (κ3) is 4.90. The molecule has 1 aromatic rings. The zero-order valence-corrected chi connectivity index (χ0v) is 12.1. The summed E-state index contributed by atoms with van der Waals surface area (Å²) in [5.74, 6) is 2.69. The van der Waals surface area contributed by atoms with Gasteiger partial charge in [0.25, 0.3) is 5.91 Å². The average Bonchev–Trinajstić information content (AvgIpc) is 2.41. The van der Waals surface area contributed by atoms with Gasteiger partial charge in [0.1, 0.15) is 5.82 Å². The summed E-state index contributed by atoms with van der Waals surface area (Å²) in [5.41, 5.74) is 0.254. The second-order valence-electron chi connectivity index (χ2n) is 5.58. The van der Waals surface area contributed by atoms with Gasteiger partial charge in [0.15, 0.2) is 0 Å². The Morgan fingerprint density at radius 3 is 2.70 bits per heavy atom. The first kappa shape index (κ1) is 16.0. The van der Waals surface area contributed by atoms with Crippen molar-refractivity contribution in [1.29, 1.82) is 0 Å². The van der Waals surface area contributed by atoms with Crippen LogP contribution in [0.1, 0.15) is 31.1 Å². The van der Waals surface area contributed by atoms with Gasteiger partial charge in [-0.2, -0.15) is 0 Å². The quantitative estimate of drug-likeness (QED) is 0.707. The highest BCUT2D eigenvalue weighted by Crippen LogP contribution is 2.19. The molecule has 1 amide bonds. The number of carbonyl (C=O) groups excluding carboxylic acids is 1. The van der Waals surface area contributed by atoms with Crippen LogP contribution >= 0.6 is 0 Å². The number of hydrogen-bond acceptors (Lipinski definition) is 4. The molecule has 108 valence electrons. The Kier molecular flexibility index (Phi) is 5.53. The van der Waals surface area contributed by atoms with Crippen molar-refractivity contribution in [1.82, 2.24) is 10.3 Å². The van der Waals surface area contributed by atoms with Crippen molar-refractivity contribution in [3.63, 3.8) is 0 Å².